The topological polar surface area (TPSA) is 78.5 Å². The van der Waals surface area contributed by atoms with E-state index in [1.165, 1.54) is 17.5 Å². The first kappa shape index (κ1) is 19.8. The summed E-state index contributed by atoms with van der Waals surface area (Å²) in [5.74, 6) is -0.236. The fourth-order valence-corrected chi connectivity index (χ4v) is 4.54. The first-order valence-electron chi connectivity index (χ1n) is 11.2. The van der Waals surface area contributed by atoms with E-state index in [9.17, 15) is 14.4 Å². The number of aryl methyl sites for hydroxylation is 2. The Hall–Kier alpha value is -3.15. The fraction of sp³-hybridized carbons (Fsp3) is 0.400. The number of hydrogen-bond acceptors (Lipinski definition) is 3. The largest absolute Gasteiger partial charge is 0.352 e. The van der Waals surface area contributed by atoms with Gasteiger partial charge < -0.3 is 15.5 Å². The molecule has 1 atom stereocenters. The molecule has 31 heavy (non-hydrogen) atoms. The van der Waals surface area contributed by atoms with Crippen LogP contribution in [-0.2, 0) is 33.8 Å². The van der Waals surface area contributed by atoms with Crippen molar-refractivity contribution in [2.75, 3.05) is 16.8 Å². The smallest absolute Gasteiger partial charge is 0.227 e. The lowest BCUT2D eigenvalue weighted by Crippen LogP contribution is -2.32. The highest BCUT2D eigenvalue weighted by Gasteiger charge is 2.35. The molecule has 1 aliphatic heterocycles. The molecule has 3 amide bonds. The lowest BCUT2D eigenvalue weighted by Gasteiger charge is -2.18. The monoisotopic (exact) mass is 417 g/mol. The van der Waals surface area contributed by atoms with Crippen LogP contribution < -0.4 is 15.5 Å². The van der Waals surface area contributed by atoms with Crippen LogP contribution in [0.2, 0.25) is 0 Å². The van der Waals surface area contributed by atoms with Gasteiger partial charge in [0, 0.05) is 36.8 Å². The van der Waals surface area contributed by atoms with Crippen molar-refractivity contribution in [3.8, 4) is 0 Å². The molecule has 2 aromatic rings. The first-order valence-corrected chi connectivity index (χ1v) is 11.2. The summed E-state index contributed by atoms with van der Waals surface area (Å²) in [4.78, 5) is 39.0. The van der Waals surface area contributed by atoms with Gasteiger partial charge in [0.2, 0.25) is 17.7 Å². The number of rotatable bonds is 6. The van der Waals surface area contributed by atoms with E-state index in [1.54, 1.807) is 4.90 Å². The van der Waals surface area contributed by atoms with Crippen molar-refractivity contribution in [2.45, 2.75) is 45.1 Å². The zero-order chi connectivity index (χ0) is 21.4. The van der Waals surface area contributed by atoms with Crippen LogP contribution in [0.15, 0.2) is 42.5 Å². The van der Waals surface area contributed by atoms with Gasteiger partial charge in [-0.1, -0.05) is 18.2 Å². The molecule has 1 saturated heterocycles. The number of anilines is 2. The molecule has 2 aliphatic carbocycles. The summed E-state index contributed by atoms with van der Waals surface area (Å²) in [7, 11) is 0. The molecule has 160 valence electrons. The molecule has 2 fully saturated rings. The van der Waals surface area contributed by atoms with Gasteiger partial charge in [0.25, 0.3) is 0 Å². The van der Waals surface area contributed by atoms with Gasteiger partial charge in [-0.15, -0.1) is 0 Å². The van der Waals surface area contributed by atoms with E-state index in [4.69, 9.17) is 0 Å². The third-order valence-electron chi connectivity index (χ3n) is 6.50. The molecule has 0 aromatic heterocycles. The summed E-state index contributed by atoms with van der Waals surface area (Å²) >= 11 is 0. The molecule has 0 radical (unpaired) electrons. The maximum atomic E-state index is 12.7. The summed E-state index contributed by atoms with van der Waals surface area (Å²) in [6.45, 7) is 0.788. The Morgan fingerprint density at radius 3 is 2.65 bits per heavy atom. The average Bonchev–Trinajstić information content (AvgIpc) is 3.40. The van der Waals surface area contributed by atoms with E-state index in [2.05, 4.69) is 22.8 Å². The second-order valence-electron chi connectivity index (χ2n) is 8.89. The molecule has 2 aromatic carbocycles. The predicted octanol–water partition coefficient (Wildman–Crippen LogP) is 3.19. The summed E-state index contributed by atoms with van der Waals surface area (Å²) in [5.41, 5.74) is 5.27. The molecule has 1 saturated carbocycles. The average molecular weight is 418 g/mol. The van der Waals surface area contributed by atoms with E-state index < -0.39 is 0 Å². The molecular formula is C25H27N3O3. The van der Waals surface area contributed by atoms with Crippen molar-refractivity contribution < 1.29 is 14.4 Å². The summed E-state index contributed by atoms with van der Waals surface area (Å²) in [5, 5.41) is 5.89. The first-order chi connectivity index (χ1) is 15.1. The van der Waals surface area contributed by atoms with Gasteiger partial charge in [0.05, 0.1) is 5.92 Å². The van der Waals surface area contributed by atoms with E-state index >= 15 is 0 Å². The number of nitrogens with zero attached hydrogens (tertiary/aromatic N) is 1. The number of hydrogen-bond donors (Lipinski definition) is 2. The Bertz CT molecular complexity index is 1040. The number of nitrogens with one attached hydrogen (secondary N) is 2. The van der Waals surface area contributed by atoms with Crippen LogP contribution >= 0.6 is 0 Å². The molecule has 1 unspecified atom stereocenters. The third-order valence-corrected chi connectivity index (χ3v) is 6.50. The second-order valence-corrected chi connectivity index (χ2v) is 8.89. The van der Waals surface area contributed by atoms with Gasteiger partial charge in [0.1, 0.15) is 0 Å². The van der Waals surface area contributed by atoms with Crippen molar-refractivity contribution in [1.29, 1.82) is 0 Å². The van der Waals surface area contributed by atoms with Crippen LogP contribution in [-0.4, -0.2) is 24.3 Å². The van der Waals surface area contributed by atoms with Gasteiger partial charge >= 0.3 is 0 Å². The Morgan fingerprint density at radius 2 is 1.81 bits per heavy atom. The normalized spacial score (nSPS) is 19.9. The maximum absolute atomic E-state index is 12.7. The Kier molecular flexibility index (Phi) is 5.22. The number of carbonyl (C=O) groups excluding carboxylic acids is 3. The van der Waals surface area contributed by atoms with Crippen molar-refractivity contribution in [3.05, 3.63) is 59.2 Å². The van der Waals surface area contributed by atoms with Gasteiger partial charge in [-0.25, -0.2) is 0 Å². The molecule has 0 bridgehead atoms. The number of fused-ring (bicyclic) bond motifs is 1. The number of carbonyl (C=O) groups is 3. The van der Waals surface area contributed by atoms with Crippen molar-refractivity contribution in [1.82, 2.24) is 5.32 Å². The van der Waals surface area contributed by atoms with Crippen LogP contribution in [0.25, 0.3) is 0 Å². The summed E-state index contributed by atoms with van der Waals surface area (Å²) in [6.07, 6.45) is 5.51. The standard InChI is InChI=1S/C25H27N3O3/c29-23-13-20(15-28(23)22-10-9-17-4-2-5-19(17)12-22)24(30)26-14-16-3-1-6-21(11-16)27-25(31)18-7-8-18/h1,3,6,9-12,18,20H,2,4-5,7-8,13-15H2,(H,26,30)(H,27,31). The predicted molar refractivity (Wildman–Crippen MR) is 119 cm³/mol. The summed E-state index contributed by atoms with van der Waals surface area (Å²) < 4.78 is 0. The molecule has 0 spiro atoms. The molecule has 6 nitrogen and oxygen atoms in total. The molecule has 6 heteroatoms. The minimum absolute atomic E-state index is 0.00267. The minimum Gasteiger partial charge on any atom is -0.352 e. The van der Waals surface area contributed by atoms with Gasteiger partial charge in [-0.3, -0.25) is 14.4 Å². The quantitative estimate of drug-likeness (QED) is 0.758. The molecule has 5 rings (SSSR count). The Balaban J connectivity index is 1.18. The maximum Gasteiger partial charge on any atom is 0.227 e. The van der Waals surface area contributed by atoms with Crippen molar-refractivity contribution in [3.63, 3.8) is 0 Å². The molecule has 3 aliphatic rings. The van der Waals surface area contributed by atoms with Gasteiger partial charge in [-0.05, 0) is 73.1 Å². The van der Waals surface area contributed by atoms with E-state index in [0.29, 0.717) is 13.1 Å². The number of benzene rings is 2. The fourth-order valence-electron chi connectivity index (χ4n) is 4.54. The number of amides is 3. The second kappa shape index (κ2) is 8.17. The molecular weight excluding hydrogens is 390 g/mol. The van der Waals surface area contributed by atoms with E-state index in [1.807, 2.05) is 30.3 Å². The highest BCUT2D eigenvalue weighted by Crippen LogP contribution is 2.31. The third kappa shape index (κ3) is 4.33. The summed E-state index contributed by atoms with van der Waals surface area (Å²) in [6, 6.07) is 13.8. The SMILES string of the molecule is O=C(NCc1cccc(NC(=O)C2CC2)c1)C1CC(=O)N(c2ccc3c(c2)CCC3)C1. The lowest BCUT2D eigenvalue weighted by molar-refractivity contribution is -0.126. The zero-order valence-electron chi connectivity index (χ0n) is 17.5. The van der Waals surface area contributed by atoms with E-state index in [0.717, 1.165) is 42.6 Å². The highest BCUT2D eigenvalue weighted by atomic mass is 16.2. The van der Waals surface area contributed by atoms with E-state index in [-0.39, 0.29) is 36.0 Å². The van der Waals surface area contributed by atoms with Crippen LogP contribution in [0, 0.1) is 11.8 Å². The molecule has 2 N–H and O–H groups in total. The van der Waals surface area contributed by atoms with Gasteiger partial charge in [0.15, 0.2) is 0 Å². The van der Waals surface area contributed by atoms with Crippen LogP contribution in [0.3, 0.4) is 0 Å². The van der Waals surface area contributed by atoms with Gasteiger partial charge in [-0.2, -0.15) is 0 Å². The molecule has 1 heterocycles. The Labute approximate surface area is 182 Å². The van der Waals surface area contributed by atoms with Crippen molar-refractivity contribution in [2.24, 2.45) is 11.8 Å². The van der Waals surface area contributed by atoms with Crippen LogP contribution in [0.5, 0.6) is 0 Å². The van der Waals surface area contributed by atoms with Crippen LogP contribution in [0.1, 0.15) is 42.4 Å². The zero-order valence-corrected chi connectivity index (χ0v) is 17.5. The minimum atomic E-state index is -0.349. The Morgan fingerprint density at radius 1 is 0.968 bits per heavy atom. The lowest BCUT2D eigenvalue weighted by atomic mass is 10.1. The highest BCUT2D eigenvalue weighted by molar-refractivity contribution is 6.00. The van der Waals surface area contributed by atoms with Crippen LogP contribution in [0.4, 0.5) is 11.4 Å². The van der Waals surface area contributed by atoms with Crippen molar-refractivity contribution >= 4 is 29.1 Å².